The molecule has 0 bridgehead atoms. The number of nitrogens with one attached hydrogen (secondary N) is 1. The van der Waals surface area contributed by atoms with Crippen molar-refractivity contribution in [3.8, 4) is 5.75 Å². The minimum atomic E-state index is -0.342. The lowest BCUT2D eigenvalue weighted by atomic mass is 10.1. The lowest BCUT2D eigenvalue weighted by molar-refractivity contribution is -0.144. The Morgan fingerprint density at radius 1 is 0.806 bits per heavy atom. The number of rotatable bonds is 15. The van der Waals surface area contributed by atoms with Crippen LogP contribution >= 0.6 is 0 Å². The SMILES string of the molecule is CCCCCCCOc1ccc(NC(=O)CCC(=O)OCCCc2ccccc2)cc1. The minimum Gasteiger partial charge on any atom is -0.494 e. The lowest BCUT2D eigenvalue weighted by Gasteiger charge is -2.09. The van der Waals surface area contributed by atoms with Crippen LogP contribution in [0.25, 0.3) is 0 Å². The molecule has 0 aliphatic heterocycles. The number of amides is 1. The number of unbranched alkanes of at least 4 members (excludes halogenated alkanes) is 4. The average Bonchev–Trinajstić information content (AvgIpc) is 2.79. The maximum atomic E-state index is 12.1. The van der Waals surface area contributed by atoms with Crippen LogP contribution in [-0.4, -0.2) is 25.1 Å². The highest BCUT2D eigenvalue weighted by Gasteiger charge is 2.08. The zero-order valence-corrected chi connectivity index (χ0v) is 18.6. The van der Waals surface area contributed by atoms with E-state index in [0.29, 0.717) is 18.9 Å². The summed E-state index contributed by atoms with van der Waals surface area (Å²) in [6.45, 7) is 3.29. The smallest absolute Gasteiger partial charge is 0.306 e. The van der Waals surface area contributed by atoms with Gasteiger partial charge in [-0.2, -0.15) is 0 Å². The highest BCUT2D eigenvalue weighted by atomic mass is 16.5. The normalized spacial score (nSPS) is 10.5. The molecule has 1 N–H and O–H groups in total. The highest BCUT2D eigenvalue weighted by molar-refractivity contribution is 5.92. The maximum Gasteiger partial charge on any atom is 0.306 e. The van der Waals surface area contributed by atoms with E-state index in [1.807, 2.05) is 42.5 Å². The molecule has 0 atom stereocenters. The van der Waals surface area contributed by atoms with Crippen molar-refractivity contribution in [2.75, 3.05) is 18.5 Å². The molecule has 0 spiro atoms. The Morgan fingerprint density at radius 2 is 1.55 bits per heavy atom. The van der Waals surface area contributed by atoms with Crippen molar-refractivity contribution in [3.05, 3.63) is 60.2 Å². The predicted octanol–water partition coefficient (Wildman–Crippen LogP) is 5.93. The van der Waals surface area contributed by atoms with Gasteiger partial charge < -0.3 is 14.8 Å². The topological polar surface area (TPSA) is 64.6 Å². The molecular weight excluding hydrogens is 390 g/mol. The van der Waals surface area contributed by atoms with E-state index < -0.39 is 0 Å². The van der Waals surface area contributed by atoms with Gasteiger partial charge in [0, 0.05) is 12.1 Å². The van der Waals surface area contributed by atoms with Gasteiger partial charge in [-0.05, 0) is 49.1 Å². The summed E-state index contributed by atoms with van der Waals surface area (Å²) in [5.74, 6) is 0.254. The third kappa shape index (κ3) is 11.2. The number of anilines is 1. The van der Waals surface area contributed by atoms with E-state index in [2.05, 4.69) is 24.4 Å². The van der Waals surface area contributed by atoms with E-state index in [9.17, 15) is 9.59 Å². The van der Waals surface area contributed by atoms with Crippen LogP contribution in [0.1, 0.15) is 63.9 Å². The zero-order chi connectivity index (χ0) is 22.2. The molecule has 0 saturated carbocycles. The second kappa shape index (κ2) is 15.1. The second-order valence-electron chi connectivity index (χ2n) is 7.64. The van der Waals surface area contributed by atoms with E-state index in [0.717, 1.165) is 25.0 Å². The van der Waals surface area contributed by atoms with Gasteiger partial charge in [0.2, 0.25) is 5.91 Å². The van der Waals surface area contributed by atoms with Crippen molar-refractivity contribution in [1.29, 1.82) is 0 Å². The zero-order valence-electron chi connectivity index (χ0n) is 18.6. The molecule has 0 aliphatic rings. The molecular formula is C26H35NO4. The number of benzene rings is 2. The third-order valence-electron chi connectivity index (χ3n) is 4.93. The number of aryl methyl sites for hydroxylation is 1. The molecule has 2 aromatic carbocycles. The number of carbonyl (C=O) groups is 2. The molecule has 0 fully saturated rings. The van der Waals surface area contributed by atoms with E-state index in [1.54, 1.807) is 0 Å². The molecule has 2 aromatic rings. The highest BCUT2D eigenvalue weighted by Crippen LogP contribution is 2.17. The van der Waals surface area contributed by atoms with Crippen LogP contribution < -0.4 is 10.1 Å². The Morgan fingerprint density at radius 3 is 2.29 bits per heavy atom. The second-order valence-corrected chi connectivity index (χ2v) is 7.64. The first-order chi connectivity index (χ1) is 15.2. The van der Waals surface area contributed by atoms with Gasteiger partial charge in [0.1, 0.15) is 5.75 Å². The summed E-state index contributed by atoms with van der Waals surface area (Å²) < 4.78 is 10.9. The van der Waals surface area contributed by atoms with Crippen LogP contribution in [0.5, 0.6) is 5.75 Å². The molecule has 31 heavy (non-hydrogen) atoms. The molecule has 0 aromatic heterocycles. The van der Waals surface area contributed by atoms with E-state index >= 15 is 0 Å². The maximum absolute atomic E-state index is 12.1. The molecule has 0 aliphatic carbocycles. The Kier molecular flexibility index (Phi) is 11.9. The van der Waals surface area contributed by atoms with Crippen LogP contribution in [0.3, 0.4) is 0 Å². The first-order valence-corrected chi connectivity index (χ1v) is 11.4. The Bertz CT molecular complexity index is 759. The van der Waals surface area contributed by atoms with Crippen LogP contribution in [0.2, 0.25) is 0 Å². The molecule has 0 unspecified atom stereocenters. The average molecular weight is 426 g/mol. The molecule has 0 heterocycles. The van der Waals surface area contributed by atoms with Crippen molar-refractivity contribution in [2.45, 2.75) is 64.7 Å². The van der Waals surface area contributed by atoms with E-state index in [1.165, 1.54) is 31.2 Å². The molecule has 1 amide bonds. The summed E-state index contributed by atoms with van der Waals surface area (Å²) in [5.41, 5.74) is 1.91. The van der Waals surface area contributed by atoms with Gasteiger partial charge in [0.25, 0.3) is 0 Å². The lowest BCUT2D eigenvalue weighted by Crippen LogP contribution is -2.15. The van der Waals surface area contributed by atoms with Crippen molar-refractivity contribution >= 4 is 17.6 Å². The number of carbonyl (C=O) groups excluding carboxylic acids is 2. The van der Waals surface area contributed by atoms with Crippen molar-refractivity contribution in [2.24, 2.45) is 0 Å². The van der Waals surface area contributed by atoms with Gasteiger partial charge in [-0.1, -0.05) is 62.9 Å². The number of esters is 1. The predicted molar refractivity (Wildman–Crippen MR) is 124 cm³/mol. The van der Waals surface area contributed by atoms with Crippen LogP contribution in [0.15, 0.2) is 54.6 Å². The molecule has 0 radical (unpaired) electrons. The van der Waals surface area contributed by atoms with Gasteiger partial charge in [0.15, 0.2) is 0 Å². The van der Waals surface area contributed by atoms with Crippen LogP contribution in [0.4, 0.5) is 5.69 Å². The standard InChI is InChI=1S/C26H35NO4/c1-2-3-4-5-9-20-30-24-16-14-23(15-17-24)27-25(28)18-19-26(29)31-21-10-13-22-11-7-6-8-12-22/h6-8,11-12,14-17H,2-5,9-10,13,18-21H2,1H3,(H,27,28). The number of hydrogen-bond donors (Lipinski definition) is 1. The van der Waals surface area contributed by atoms with Gasteiger partial charge in [0.05, 0.1) is 19.6 Å². The summed E-state index contributed by atoms with van der Waals surface area (Å²) >= 11 is 0. The first kappa shape index (κ1) is 24.4. The Balaban J connectivity index is 1.55. The van der Waals surface area contributed by atoms with E-state index in [-0.39, 0.29) is 24.7 Å². The van der Waals surface area contributed by atoms with Gasteiger partial charge >= 0.3 is 5.97 Å². The van der Waals surface area contributed by atoms with E-state index in [4.69, 9.17) is 9.47 Å². The summed E-state index contributed by atoms with van der Waals surface area (Å²) in [5, 5.41) is 2.80. The van der Waals surface area contributed by atoms with Crippen molar-refractivity contribution in [3.63, 3.8) is 0 Å². The Hall–Kier alpha value is -2.82. The summed E-state index contributed by atoms with van der Waals surface area (Å²) in [4.78, 5) is 23.9. The molecule has 5 heteroatoms. The minimum absolute atomic E-state index is 0.0798. The fourth-order valence-electron chi connectivity index (χ4n) is 3.15. The van der Waals surface area contributed by atoms with Gasteiger partial charge in [-0.3, -0.25) is 9.59 Å². The van der Waals surface area contributed by atoms with Gasteiger partial charge in [-0.25, -0.2) is 0 Å². The Labute approximate surface area is 186 Å². The molecule has 5 nitrogen and oxygen atoms in total. The fraction of sp³-hybridized carbons (Fsp3) is 0.462. The summed E-state index contributed by atoms with van der Waals surface area (Å²) in [7, 11) is 0. The molecule has 0 saturated heterocycles. The molecule has 168 valence electrons. The summed E-state index contributed by atoms with van der Waals surface area (Å²) in [6.07, 6.45) is 7.85. The fourth-order valence-corrected chi connectivity index (χ4v) is 3.15. The first-order valence-electron chi connectivity index (χ1n) is 11.4. The number of hydrogen-bond acceptors (Lipinski definition) is 4. The van der Waals surface area contributed by atoms with Crippen molar-refractivity contribution in [1.82, 2.24) is 0 Å². The summed E-state index contributed by atoms with van der Waals surface area (Å²) in [6, 6.07) is 17.4. The largest absolute Gasteiger partial charge is 0.494 e. The third-order valence-corrected chi connectivity index (χ3v) is 4.93. The molecule has 2 rings (SSSR count). The monoisotopic (exact) mass is 425 g/mol. The van der Waals surface area contributed by atoms with Gasteiger partial charge in [-0.15, -0.1) is 0 Å². The quantitative estimate of drug-likeness (QED) is 0.284. The van der Waals surface area contributed by atoms with Crippen LogP contribution in [0, 0.1) is 0 Å². The number of ether oxygens (including phenoxy) is 2. The van der Waals surface area contributed by atoms with Crippen LogP contribution in [-0.2, 0) is 20.7 Å². The van der Waals surface area contributed by atoms with Crippen molar-refractivity contribution < 1.29 is 19.1 Å².